The number of hydrogen-bond acceptors (Lipinski definition) is 6. The molecule has 1 N–H and O–H groups in total. The molecular weight excluding hydrogens is 512 g/mol. The maximum absolute atomic E-state index is 13.8. The van der Waals surface area contributed by atoms with Crippen molar-refractivity contribution >= 4 is 33.3 Å². The Morgan fingerprint density at radius 1 is 0.897 bits per heavy atom. The lowest BCUT2D eigenvalue weighted by atomic mass is 9.96. The molecule has 0 aliphatic carbocycles. The number of anilines is 1. The standard InChI is InChI=1S/C31H44N2O5S/c1-5-8-12-26-29(28-27(38-26)18-13-23(4)30(28)32-39(35)36)31(34)24-14-16-25(17-15-24)37-22-11-21-33(19-9-6-2)20-10-7-3/h13-18,39H,5-12,19-22H2,1-4H3,(H,32,35,36). The first kappa shape index (κ1) is 30.7. The Morgan fingerprint density at radius 2 is 1.54 bits per heavy atom. The van der Waals surface area contributed by atoms with Gasteiger partial charge in [-0.2, -0.15) is 0 Å². The van der Waals surface area contributed by atoms with Crippen molar-refractivity contribution in [2.75, 3.05) is 31.0 Å². The minimum atomic E-state index is -2.90. The van der Waals surface area contributed by atoms with Gasteiger partial charge in [0.05, 0.1) is 23.2 Å². The van der Waals surface area contributed by atoms with Crippen LogP contribution >= 0.6 is 0 Å². The van der Waals surface area contributed by atoms with Gasteiger partial charge in [-0.15, -0.1) is 0 Å². The summed E-state index contributed by atoms with van der Waals surface area (Å²) in [7, 11) is -2.90. The normalized spacial score (nSPS) is 11.5. The molecule has 8 heteroatoms. The van der Waals surface area contributed by atoms with Crippen LogP contribution in [0, 0.1) is 6.92 Å². The van der Waals surface area contributed by atoms with E-state index in [-0.39, 0.29) is 5.78 Å². The van der Waals surface area contributed by atoms with E-state index in [2.05, 4.69) is 30.4 Å². The van der Waals surface area contributed by atoms with E-state index in [1.54, 1.807) is 24.3 Å². The number of ether oxygens (including phenoxy) is 1. The predicted molar refractivity (Wildman–Crippen MR) is 160 cm³/mol. The number of ketones is 1. The summed E-state index contributed by atoms with van der Waals surface area (Å²) in [5.74, 6) is 1.12. The lowest BCUT2D eigenvalue weighted by molar-refractivity contribution is 0.103. The number of carbonyl (C=O) groups is 1. The molecule has 0 aliphatic heterocycles. The van der Waals surface area contributed by atoms with E-state index in [4.69, 9.17) is 9.15 Å². The van der Waals surface area contributed by atoms with E-state index in [0.717, 1.165) is 50.2 Å². The van der Waals surface area contributed by atoms with Gasteiger partial charge in [-0.3, -0.25) is 9.52 Å². The topological polar surface area (TPSA) is 88.8 Å². The summed E-state index contributed by atoms with van der Waals surface area (Å²) in [6, 6.07) is 10.8. The number of benzene rings is 2. The fourth-order valence-corrected chi connectivity index (χ4v) is 5.23. The molecule has 3 aromatic rings. The molecule has 0 amide bonds. The second-order valence-electron chi connectivity index (χ2n) is 10.1. The summed E-state index contributed by atoms with van der Waals surface area (Å²) >= 11 is 0. The van der Waals surface area contributed by atoms with Crippen LogP contribution in [0.4, 0.5) is 5.69 Å². The zero-order valence-electron chi connectivity index (χ0n) is 23.9. The summed E-state index contributed by atoms with van der Waals surface area (Å²) in [4.78, 5) is 16.3. The highest BCUT2D eigenvalue weighted by atomic mass is 32.2. The molecule has 3 rings (SSSR count). The van der Waals surface area contributed by atoms with Crippen molar-refractivity contribution in [2.24, 2.45) is 0 Å². The Labute approximate surface area is 235 Å². The molecule has 0 unspecified atom stereocenters. The average molecular weight is 557 g/mol. The molecule has 1 heterocycles. The number of nitrogens with zero attached hydrogens (tertiary/aromatic N) is 1. The number of fused-ring (bicyclic) bond motifs is 1. The average Bonchev–Trinajstić information content (AvgIpc) is 3.30. The summed E-state index contributed by atoms with van der Waals surface area (Å²) in [6.07, 6.45) is 8.21. The summed E-state index contributed by atoms with van der Waals surface area (Å²) in [5.41, 5.74) is 2.55. The van der Waals surface area contributed by atoms with E-state index in [9.17, 15) is 13.2 Å². The van der Waals surface area contributed by atoms with Crippen LogP contribution in [-0.4, -0.2) is 45.3 Å². The van der Waals surface area contributed by atoms with Crippen LogP contribution in [0.25, 0.3) is 11.0 Å². The van der Waals surface area contributed by atoms with E-state index in [1.165, 1.54) is 25.7 Å². The van der Waals surface area contributed by atoms with Crippen LogP contribution in [0.2, 0.25) is 0 Å². The van der Waals surface area contributed by atoms with Gasteiger partial charge in [0.25, 0.3) is 0 Å². The van der Waals surface area contributed by atoms with Crippen molar-refractivity contribution < 1.29 is 22.4 Å². The van der Waals surface area contributed by atoms with Crippen LogP contribution in [0.3, 0.4) is 0 Å². The number of unbranched alkanes of at least 4 members (excludes halogenated alkanes) is 3. The van der Waals surface area contributed by atoms with Crippen LogP contribution in [0.5, 0.6) is 5.75 Å². The predicted octanol–water partition coefficient (Wildman–Crippen LogP) is 6.92. The maximum atomic E-state index is 13.8. The van der Waals surface area contributed by atoms with Crippen molar-refractivity contribution in [3.05, 3.63) is 58.8 Å². The number of rotatable bonds is 18. The number of furan rings is 1. The summed E-state index contributed by atoms with van der Waals surface area (Å²) < 4.78 is 37.7. The third-order valence-electron chi connectivity index (χ3n) is 6.98. The van der Waals surface area contributed by atoms with Gasteiger partial charge < -0.3 is 14.1 Å². The minimum absolute atomic E-state index is 0.191. The SMILES string of the molecule is CCCCc1oc2ccc(C)c(N[SH](=O)=O)c2c1C(=O)c1ccc(OCCCN(CCCC)CCCC)cc1. The molecule has 7 nitrogen and oxygen atoms in total. The molecule has 0 saturated carbocycles. The smallest absolute Gasteiger partial charge is 0.222 e. The molecule has 0 fully saturated rings. The second kappa shape index (κ2) is 15.7. The first-order valence-electron chi connectivity index (χ1n) is 14.3. The summed E-state index contributed by atoms with van der Waals surface area (Å²) in [6.45, 7) is 12.3. The minimum Gasteiger partial charge on any atom is -0.494 e. The molecule has 214 valence electrons. The molecule has 0 aliphatic rings. The molecular formula is C31H44N2O5S. The number of thiol groups is 1. The maximum Gasteiger partial charge on any atom is 0.222 e. The molecule has 0 saturated heterocycles. The fraction of sp³-hybridized carbons (Fsp3) is 0.516. The van der Waals surface area contributed by atoms with Gasteiger partial charge in [0, 0.05) is 18.5 Å². The van der Waals surface area contributed by atoms with Crippen LogP contribution < -0.4 is 9.46 Å². The van der Waals surface area contributed by atoms with Crippen molar-refractivity contribution in [3.63, 3.8) is 0 Å². The van der Waals surface area contributed by atoms with E-state index >= 15 is 0 Å². The Bertz CT molecular complexity index is 1260. The molecule has 0 spiro atoms. The Balaban J connectivity index is 1.76. The van der Waals surface area contributed by atoms with Gasteiger partial charge in [-0.05, 0) is 81.6 Å². The molecule has 39 heavy (non-hydrogen) atoms. The lowest BCUT2D eigenvalue weighted by Gasteiger charge is -2.21. The molecule has 0 atom stereocenters. The van der Waals surface area contributed by atoms with E-state index in [0.29, 0.717) is 46.6 Å². The third-order valence-corrected chi connectivity index (χ3v) is 7.39. The second-order valence-corrected chi connectivity index (χ2v) is 10.8. The molecule has 2 aromatic carbocycles. The fourth-order valence-electron chi connectivity index (χ4n) is 4.76. The highest BCUT2D eigenvalue weighted by molar-refractivity contribution is 7.73. The van der Waals surface area contributed by atoms with Gasteiger partial charge in [0.15, 0.2) is 5.78 Å². The van der Waals surface area contributed by atoms with Crippen molar-refractivity contribution in [3.8, 4) is 5.75 Å². The van der Waals surface area contributed by atoms with Crippen molar-refractivity contribution in [1.82, 2.24) is 4.90 Å². The van der Waals surface area contributed by atoms with Crippen molar-refractivity contribution in [1.29, 1.82) is 0 Å². The van der Waals surface area contributed by atoms with E-state index in [1.807, 2.05) is 19.1 Å². The highest BCUT2D eigenvalue weighted by Crippen LogP contribution is 2.37. The Kier molecular flexibility index (Phi) is 12.3. The highest BCUT2D eigenvalue weighted by Gasteiger charge is 2.25. The third kappa shape index (κ3) is 8.57. The lowest BCUT2D eigenvalue weighted by Crippen LogP contribution is -2.28. The number of carbonyl (C=O) groups excluding carboxylic acids is 1. The van der Waals surface area contributed by atoms with E-state index < -0.39 is 10.9 Å². The van der Waals surface area contributed by atoms with Gasteiger partial charge in [0.2, 0.25) is 10.9 Å². The van der Waals surface area contributed by atoms with Gasteiger partial charge in [0.1, 0.15) is 17.1 Å². The molecule has 0 bridgehead atoms. The summed E-state index contributed by atoms with van der Waals surface area (Å²) in [5, 5.41) is 0.515. The van der Waals surface area contributed by atoms with Crippen LogP contribution in [0.1, 0.15) is 93.0 Å². The Morgan fingerprint density at radius 3 is 2.15 bits per heavy atom. The number of nitrogens with one attached hydrogen (secondary N) is 1. The zero-order valence-corrected chi connectivity index (χ0v) is 24.8. The van der Waals surface area contributed by atoms with Gasteiger partial charge in [-0.1, -0.05) is 46.1 Å². The van der Waals surface area contributed by atoms with Crippen LogP contribution in [-0.2, 0) is 17.3 Å². The van der Waals surface area contributed by atoms with Crippen molar-refractivity contribution in [2.45, 2.75) is 79.1 Å². The van der Waals surface area contributed by atoms with Crippen LogP contribution in [0.15, 0.2) is 40.8 Å². The Hall–Kier alpha value is -2.84. The number of aryl methyl sites for hydroxylation is 2. The first-order valence-corrected chi connectivity index (χ1v) is 15.5. The molecule has 1 aromatic heterocycles. The quantitative estimate of drug-likeness (QED) is 0.100. The monoisotopic (exact) mass is 556 g/mol. The largest absolute Gasteiger partial charge is 0.494 e. The zero-order chi connectivity index (χ0) is 28.2. The van der Waals surface area contributed by atoms with Gasteiger partial charge in [-0.25, -0.2) is 8.42 Å². The van der Waals surface area contributed by atoms with Gasteiger partial charge >= 0.3 is 0 Å². The first-order chi connectivity index (χ1) is 18.9. The molecule has 0 radical (unpaired) electrons. The number of hydrogen-bond donors (Lipinski definition) is 2.